The average molecular weight is 298 g/mol. The van der Waals surface area contributed by atoms with E-state index in [9.17, 15) is 19.7 Å². The smallest absolute Gasteiger partial charge is 0.269 e. The second kappa shape index (κ2) is 4.25. The van der Waals surface area contributed by atoms with Crippen LogP contribution in [0.4, 0.5) is 11.4 Å². The maximum Gasteiger partial charge on any atom is 0.269 e. The molecule has 6 heteroatoms. The van der Waals surface area contributed by atoms with Crippen molar-refractivity contribution in [2.75, 3.05) is 4.90 Å². The van der Waals surface area contributed by atoms with Crippen molar-refractivity contribution >= 4 is 23.2 Å². The van der Waals surface area contributed by atoms with Gasteiger partial charge in [0.05, 0.1) is 22.4 Å². The molecular formula is C16H14N2O4. The molecule has 4 rings (SSSR count). The molecule has 0 unspecified atom stereocenters. The van der Waals surface area contributed by atoms with E-state index in [1.54, 1.807) is 0 Å². The number of carbonyl (C=O) groups excluding carboxylic acids is 2. The number of hydrogen-bond donors (Lipinski definition) is 0. The molecule has 2 fully saturated rings. The molecule has 4 atom stereocenters. The van der Waals surface area contributed by atoms with Gasteiger partial charge in [0.2, 0.25) is 11.8 Å². The highest BCUT2D eigenvalue weighted by Gasteiger charge is 2.60. The number of hydrogen-bond acceptors (Lipinski definition) is 4. The molecule has 0 radical (unpaired) electrons. The summed E-state index contributed by atoms with van der Waals surface area (Å²) in [4.78, 5) is 36.8. The highest BCUT2D eigenvalue weighted by molar-refractivity contribution is 6.22. The number of allylic oxidation sites excluding steroid dienone is 2. The van der Waals surface area contributed by atoms with Crippen LogP contribution in [0.2, 0.25) is 0 Å². The lowest BCUT2D eigenvalue weighted by molar-refractivity contribution is -0.384. The Kier molecular flexibility index (Phi) is 2.55. The molecule has 0 spiro atoms. The summed E-state index contributed by atoms with van der Waals surface area (Å²) in [6.45, 7) is 2.02. The van der Waals surface area contributed by atoms with Crippen LogP contribution in [0.5, 0.6) is 0 Å². The fraction of sp³-hybridized carbons (Fsp3) is 0.375. The molecular weight excluding hydrogens is 284 g/mol. The van der Waals surface area contributed by atoms with Crippen molar-refractivity contribution in [2.45, 2.75) is 13.3 Å². The number of non-ortho nitro benzene ring substituents is 1. The van der Waals surface area contributed by atoms with E-state index in [0.29, 0.717) is 5.69 Å². The molecule has 1 aromatic carbocycles. The summed E-state index contributed by atoms with van der Waals surface area (Å²) in [5.41, 5.74) is 1.57. The second-order valence-corrected chi connectivity index (χ2v) is 6.25. The molecule has 0 N–H and O–H groups in total. The van der Waals surface area contributed by atoms with E-state index in [0.717, 1.165) is 6.42 Å². The third kappa shape index (κ3) is 1.55. The topological polar surface area (TPSA) is 80.5 Å². The summed E-state index contributed by atoms with van der Waals surface area (Å²) in [7, 11) is 0. The molecule has 2 bridgehead atoms. The first-order valence-electron chi connectivity index (χ1n) is 7.29. The lowest BCUT2D eigenvalue weighted by atomic mass is 9.82. The highest BCUT2D eigenvalue weighted by atomic mass is 16.6. The number of nitrogens with zero attached hydrogens (tertiary/aromatic N) is 2. The third-order valence-electron chi connectivity index (χ3n) is 5.20. The van der Waals surface area contributed by atoms with Crippen LogP contribution in [0.25, 0.3) is 0 Å². The van der Waals surface area contributed by atoms with Gasteiger partial charge in [0.15, 0.2) is 0 Å². The van der Waals surface area contributed by atoms with Crippen LogP contribution in [0.15, 0.2) is 35.9 Å². The van der Waals surface area contributed by atoms with E-state index in [1.807, 2.05) is 6.92 Å². The molecule has 2 amide bonds. The Morgan fingerprint density at radius 1 is 1.14 bits per heavy atom. The molecule has 1 saturated carbocycles. The van der Waals surface area contributed by atoms with Gasteiger partial charge in [-0.25, -0.2) is 0 Å². The maximum atomic E-state index is 12.7. The van der Waals surface area contributed by atoms with Crippen LogP contribution >= 0.6 is 0 Å². The van der Waals surface area contributed by atoms with Crippen LogP contribution in [0.1, 0.15) is 13.3 Å². The van der Waals surface area contributed by atoms with E-state index in [2.05, 4.69) is 6.08 Å². The summed E-state index contributed by atoms with van der Waals surface area (Å²) >= 11 is 0. The Hall–Kier alpha value is -2.50. The molecule has 1 heterocycles. The van der Waals surface area contributed by atoms with Crippen molar-refractivity contribution < 1.29 is 14.5 Å². The number of fused-ring (bicyclic) bond motifs is 5. The number of imide groups is 1. The first kappa shape index (κ1) is 13.2. The molecule has 1 aromatic rings. The predicted octanol–water partition coefficient (Wildman–Crippen LogP) is 2.30. The Labute approximate surface area is 126 Å². The molecule has 112 valence electrons. The lowest BCUT2D eigenvalue weighted by Crippen LogP contribution is -2.32. The van der Waals surface area contributed by atoms with E-state index in [4.69, 9.17) is 0 Å². The number of anilines is 1. The number of nitro benzene ring substituents is 1. The SMILES string of the molecule is CC1=C[C@@H]2C[C@H]1[C@H]1C(=O)N(c3ccc([N+](=O)[O-])cc3)C(=O)[C@@H]12. The quantitative estimate of drug-likeness (QED) is 0.363. The van der Waals surface area contributed by atoms with Gasteiger partial charge in [0.1, 0.15) is 0 Å². The van der Waals surface area contributed by atoms with Gasteiger partial charge < -0.3 is 0 Å². The van der Waals surface area contributed by atoms with E-state index in [1.165, 1.54) is 34.7 Å². The molecule has 2 aliphatic carbocycles. The number of carbonyl (C=O) groups is 2. The first-order valence-corrected chi connectivity index (χ1v) is 7.29. The molecule has 0 aromatic heterocycles. The van der Waals surface area contributed by atoms with Crippen molar-refractivity contribution in [3.63, 3.8) is 0 Å². The normalized spacial score (nSPS) is 32.4. The zero-order valence-corrected chi connectivity index (χ0v) is 11.9. The maximum absolute atomic E-state index is 12.7. The van der Waals surface area contributed by atoms with Gasteiger partial charge in [-0.05, 0) is 37.3 Å². The van der Waals surface area contributed by atoms with Crippen LogP contribution in [-0.4, -0.2) is 16.7 Å². The number of rotatable bonds is 2. The van der Waals surface area contributed by atoms with Crippen LogP contribution in [0, 0.1) is 33.8 Å². The van der Waals surface area contributed by atoms with E-state index < -0.39 is 4.92 Å². The Morgan fingerprint density at radius 3 is 2.41 bits per heavy atom. The van der Waals surface area contributed by atoms with Gasteiger partial charge in [0.25, 0.3) is 5.69 Å². The number of benzene rings is 1. The van der Waals surface area contributed by atoms with Crippen molar-refractivity contribution in [1.82, 2.24) is 0 Å². The number of nitro groups is 1. The summed E-state index contributed by atoms with van der Waals surface area (Å²) in [6, 6.07) is 5.58. The fourth-order valence-electron chi connectivity index (χ4n) is 4.25. The second-order valence-electron chi connectivity index (χ2n) is 6.25. The minimum Gasteiger partial charge on any atom is -0.274 e. The molecule has 6 nitrogen and oxygen atoms in total. The van der Waals surface area contributed by atoms with Gasteiger partial charge in [-0.3, -0.25) is 24.6 Å². The Balaban J connectivity index is 1.69. The fourth-order valence-corrected chi connectivity index (χ4v) is 4.25. The largest absolute Gasteiger partial charge is 0.274 e. The van der Waals surface area contributed by atoms with E-state index >= 15 is 0 Å². The van der Waals surface area contributed by atoms with Crippen molar-refractivity contribution in [2.24, 2.45) is 23.7 Å². The zero-order chi connectivity index (χ0) is 15.6. The standard InChI is InChI=1S/C16H14N2O4/c1-8-6-9-7-12(8)14-13(9)15(19)17(16(14)20)10-2-4-11(5-3-10)18(21)22/h2-6,9,12-14H,7H2,1H3/t9-,12-,13-,14-/m1/s1. The van der Waals surface area contributed by atoms with Gasteiger partial charge in [0, 0.05) is 12.1 Å². The van der Waals surface area contributed by atoms with Gasteiger partial charge in [-0.2, -0.15) is 0 Å². The molecule has 22 heavy (non-hydrogen) atoms. The minimum atomic E-state index is -0.500. The molecule has 3 aliphatic rings. The zero-order valence-electron chi connectivity index (χ0n) is 11.9. The van der Waals surface area contributed by atoms with Crippen molar-refractivity contribution in [3.05, 3.63) is 46.0 Å². The van der Waals surface area contributed by atoms with Gasteiger partial charge >= 0.3 is 0 Å². The monoisotopic (exact) mass is 298 g/mol. The van der Waals surface area contributed by atoms with Gasteiger partial charge in [-0.1, -0.05) is 11.6 Å². The van der Waals surface area contributed by atoms with Gasteiger partial charge in [-0.15, -0.1) is 0 Å². The third-order valence-corrected chi connectivity index (χ3v) is 5.20. The first-order chi connectivity index (χ1) is 10.5. The minimum absolute atomic E-state index is 0.0550. The lowest BCUT2D eigenvalue weighted by Gasteiger charge is -2.19. The van der Waals surface area contributed by atoms with Crippen LogP contribution < -0.4 is 4.90 Å². The summed E-state index contributed by atoms with van der Waals surface area (Å²) in [6.07, 6.45) is 3.02. The predicted molar refractivity (Wildman–Crippen MR) is 77.9 cm³/mol. The van der Waals surface area contributed by atoms with Crippen LogP contribution in [0.3, 0.4) is 0 Å². The summed E-state index contributed by atoms with van der Waals surface area (Å²) in [5, 5.41) is 10.7. The average Bonchev–Trinajstić information content (AvgIpc) is 3.11. The van der Waals surface area contributed by atoms with Crippen LogP contribution in [-0.2, 0) is 9.59 Å². The van der Waals surface area contributed by atoms with Crippen molar-refractivity contribution in [1.29, 1.82) is 0 Å². The van der Waals surface area contributed by atoms with E-state index in [-0.39, 0.29) is 41.2 Å². The Morgan fingerprint density at radius 2 is 1.77 bits per heavy atom. The molecule has 1 aliphatic heterocycles. The summed E-state index contributed by atoms with van der Waals surface area (Å²) in [5.74, 6) is -0.498. The number of amides is 2. The summed E-state index contributed by atoms with van der Waals surface area (Å²) < 4.78 is 0. The highest BCUT2D eigenvalue weighted by Crippen LogP contribution is 2.55. The molecule has 1 saturated heterocycles. The Bertz CT molecular complexity index is 737. The van der Waals surface area contributed by atoms with Crippen molar-refractivity contribution in [3.8, 4) is 0 Å².